The summed E-state index contributed by atoms with van der Waals surface area (Å²) in [5.74, 6) is 0. The first-order chi connectivity index (χ1) is 12.3. The smallest absolute Gasteiger partial charge is 0.0741 e. The van der Waals surface area contributed by atoms with Crippen LogP contribution in [0, 0.1) is 0 Å². The summed E-state index contributed by atoms with van der Waals surface area (Å²) in [5.41, 5.74) is 2.72. The number of hydrogen-bond donors (Lipinski definition) is 1. The molecular weight excluding hydrogens is 314 g/mol. The summed E-state index contributed by atoms with van der Waals surface area (Å²) in [7, 11) is 0. The molecule has 4 rings (SSSR count). The van der Waals surface area contributed by atoms with Gasteiger partial charge in [-0.25, -0.2) is 0 Å². The van der Waals surface area contributed by atoms with Gasteiger partial charge in [-0.15, -0.1) is 0 Å². The quantitative estimate of drug-likeness (QED) is 0.908. The number of benzene rings is 1. The van der Waals surface area contributed by atoms with Gasteiger partial charge in [0.2, 0.25) is 0 Å². The van der Waals surface area contributed by atoms with Gasteiger partial charge in [0.15, 0.2) is 0 Å². The third-order valence-electron chi connectivity index (χ3n) is 5.49. The molecule has 2 saturated heterocycles. The lowest BCUT2D eigenvalue weighted by Crippen LogP contribution is -2.49. The Morgan fingerprint density at radius 3 is 2.76 bits per heavy atom. The van der Waals surface area contributed by atoms with Crippen LogP contribution < -0.4 is 5.32 Å². The molecule has 5 heteroatoms. The Bertz CT molecular complexity index is 660. The van der Waals surface area contributed by atoms with E-state index in [0.29, 0.717) is 6.04 Å². The maximum absolute atomic E-state index is 6.15. The highest BCUT2D eigenvalue weighted by Gasteiger charge is 2.38. The molecule has 0 aliphatic carbocycles. The van der Waals surface area contributed by atoms with Crippen molar-refractivity contribution in [3.63, 3.8) is 0 Å². The molecule has 1 N–H and O–H groups in total. The Labute approximate surface area is 149 Å². The SMILES string of the molecule is c1ccc(Cn2cccn2)c(CN[C@H]2CCOC3(CCOCC3)C2)c1. The van der Waals surface area contributed by atoms with Crippen LogP contribution in [-0.4, -0.2) is 41.2 Å². The zero-order chi connectivity index (χ0) is 17.0. The fourth-order valence-corrected chi connectivity index (χ4v) is 4.00. The molecule has 1 spiro atoms. The van der Waals surface area contributed by atoms with Gasteiger partial charge in [0.05, 0.1) is 12.1 Å². The van der Waals surface area contributed by atoms with Crippen molar-refractivity contribution in [3.8, 4) is 0 Å². The van der Waals surface area contributed by atoms with E-state index in [1.54, 1.807) is 0 Å². The van der Waals surface area contributed by atoms with Gasteiger partial charge in [-0.2, -0.15) is 5.10 Å². The van der Waals surface area contributed by atoms with Crippen molar-refractivity contribution in [2.45, 2.75) is 50.4 Å². The van der Waals surface area contributed by atoms with Gasteiger partial charge in [-0.05, 0) is 42.9 Å². The average molecular weight is 341 g/mol. The van der Waals surface area contributed by atoms with Gasteiger partial charge in [0.25, 0.3) is 0 Å². The molecule has 0 radical (unpaired) electrons. The minimum absolute atomic E-state index is 0.0444. The zero-order valence-electron chi connectivity index (χ0n) is 14.7. The van der Waals surface area contributed by atoms with Crippen LogP contribution in [0.25, 0.3) is 0 Å². The molecule has 0 bridgehead atoms. The predicted molar refractivity (Wildman–Crippen MR) is 96.4 cm³/mol. The van der Waals surface area contributed by atoms with E-state index in [4.69, 9.17) is 9.47 Å². The summed E-state index contributed by atoms with van der Waals surface area (Å²) in [4.78, 5) is 0. The van der Waals surface area contributed by atoms with Crippen molar-refractivity contribution in [1.82, 2.24) is 15.1 Å². The van der Waals surface area contributed by atoms with Crippen LogP contribution in [0.1, 0.15) is 36.8 Å². The Kier molecular flexibility index (Phi) is 5.15. The summed E-state index contributed by atoms with van der Waals surface area (Å²) in [6.07, 6.45) is 8.08. The van der Waals surface area contributed by atoms with Gasteiger partial charge in [0.1, 0.15) is 0 Å². The first-order valence-corrected chi connectivity index (χ1v) is 9.32. The summed E-state index contributed by atoms with van der Waals surface area (Å²) in [6, 6.07) is 11.1. The summed E-state index contributed by atoms with van der Waals surface area (Å²) < 4.78 is 13.6. The standard InChI is InChI=1S/C20H27N3O2/c1-2-5-18(16-23-10-3-9-22-23)17(4-1)15-21-19-6-11-25-20(14-19)7-12-24-13-8-20/h1-5,9-10,19,21H,6-8,11-16H2/t19-/m0/s1. The summed E-state index contributed by atoms with van der Waals surface area (Å²) in [6.45, 7) is 4.24. The molecular formula is C20H27N3O2. The average Bonchev–Trinajstić information content (AvgIpc) is 3.15. The molecule has 1 aromatic heterocycles. The molecule has 0 amide bonds. The molecule has 2 aromatic rings. The number of ether oxygens (including phenoxy) is 2. The molecule has 3 heterocycles. The number of nitrogens with one attached hydrogen (secondary N) is 1. The summed E-state index contributed by atoms with van der Waals surface area (Å²) in [5, 5.41) is 8.11. The lowest BCUT2D eigenvalue weighted by atomic mass is 9.84. The maximum atomic E-state index is 6.15. The van der Waals surface area contributed by atoms with Crippen LogP contribution in [0.4, 0.5) is 0 Å². The van der Waals surface area contributed by atoms with E-state index in [2.05, 4.69) is 34.7 Å². The second kappa shape index (κ2) is 7.68. The van der Waals surface area contributed by atoms with Crippen LogP contribution in [0.3, 0.4) is 0 Å². The minimum atomic E-state index is 0.0444. The molecule has 1 atom stereocenters. The first-order valence-electron chi connectivity index (χ1n) is 9.32. The van der Waals surface area contributed by atoms with E-state index in [0.717, 1.165) is 58.6 Å². The third kappa shape index (κ3) is 4.11. The molecule has 2 aliphatic rings. The number of hydrogen-bond acceptors (Lipinski definition) is 4. The number of aromatic nitrogens is 2. The van der Waals surface area contributed by atoms with E-state index >= 15 is 0 Å². The molecule has 2 fully saturated rings. The fraction of sp³-hybridized carbons (Fsp3) is 0.550. The lowest BCUT2D eigenvalue weighted by molar-refractivity contribution is -0.140. The molecule has 0 unspecified atom stereocenters. The Balaban J connectivity index is 1.38. The van der Waals surface area contributed by atoms with Crippen LogP contribution in [0.2, 0.25) is 0 Å². The predicted octanol–water partition coefficient (Wildman–Crippen LogP) is 2.75. The minimum Gasteiger partial charge on any atom is -0.381 e. The van der Waals surface area contributed by atoms with E-state index in [9.17, 15) is 0 Å². The van der Waals surface area contributed by atoms with Gasteiger partial charge >= 0.3 is 0 Å². The van der Waals surface area contributed by atoms with E-state index in [-0.39, 0.29) is 5.60 Å². The van der Waals surface area contributed by atoms with Crippen molar-refractivity contribution in [2.24, 2.45) is 0 Å². The first kappa shape index (κ1) is 16.8. The molecule has 0 saturated carbocycles. The van der Waals surface area contributed by atoms with Crippen LogP contribution in [-0.2, 0) is 22.6 Å². The van der Waals surface area contributed by atoms with Crippen molar-refractivity contribution >= 4 is 0 Å². The number of nitrogens with zero attached hydrogens (tertiary/aromatic N) is 2. The van der Waals surface area contributed by atoms with Gasteiger partial charge in [-0.3, -0.25) is 4.68 Å². The fourth-order valence-electron chi connectivity index (χ4n) is 4.00. The Morgan fingerprint density at radius 2 is 1.96 bits per heavy atom. The van der Waals surface area contributed by atoms with Crippen molar-refractivity contribution < 1.29 is 9.47 Å². The van der Waals surface area contributed by atoms with Crippen LogP contribution >= 0.6 is 0 Å². The normalized spacial score (nSPS) is 23.0. The largest absolute Gasteiger partial charge is 0.381 e. The second-order valence-corrected chi connectivity index (χ2v) is 7.19. The van der Waals surface area contributed by atoms with Gasteiger partial charge in [0, 0.05) is 44.8 Å². The molecule has 2 aliphatic heterocycles. The third-order valence-corrected chi connectivity index (χ3v) is 5.49. The highest BCUT2D eigenvalue weighted by Crippen LogP contribution is 2.34. The topological polar surface area (TPSA) is 48.3 Å². The van der Waals surface area contributed by atoms with Crippen molar-refractivity contribution in [2.75, 3.05) is 19.8 Å². The van der Waals surface area contributed by atoms with Gasteiger partial charge < -0.3 is 14.8 Å². The highest BCUT2D eigenvalue weighted by molar-refractivity contribution is 5.27. The molecule has 1 aromatic carbocycles. The second-order valence-electron chi connectivity index (χ2n) is 7.19. The molecule has 5 nitrogen and oxygen atoms in total. The maximum Gasteiger partial charge on any atom is 0.0741 e. The lowest BCUT2D eigenvalue weighted by Gasteiger charge is -2.43. The van der Waals surface area contributed by atoms with Gasteiger partial charge in [-0.1, -0.05) is 24.3 Å². The molecule has 134 valence electrons. The number of rotatable bonds is 5. The Hall–Kier alpha value is -1.69. The van der Waals surface area contributed by atoms with Crippen molar-refractivity contribution in [1.29, 1.82) is 0 Å². The summed E-state index contributed by atoms with van der Waals surface area (Å²) >= 11 is 0. The highest BCUT2D eigenvalue weighted by atomic mass is 16.5. The molecule has 25 heavy (non-hydrogen) atoms. The van der Waals surface area contributed by atoms with E-state index < -0.39 is 0 Å². The van der Waals surface area contributed by atoms with Crippen LogP contribution in [0.15, 0.2) is 42.7 Å². The van der Waals surface area contributed by atoms with Crippen LogP contribution in [0.5, 0.6) is 0 Å². The zero-order valence-corrected chi connectivity index (χ0v) is 14.7. The van der Waals surface area contributed by atoms with E-state index in [1.807, 2.05) is 23.1 Å². The monoisotopic (exact) mass is 341 g/mol. The Morgan fingerprint density at radius 1 is 1.12 bits per heavy atom. The van der Waals surface area contributed by atoms with E-state index in [1.165, 1.54) is 11.1 Å². The van der Waals surface area contributed by atoms with Crippen molar-refractivity contribution in [3.05, 3.63) is 53.9 Å².